The lowest BCUT2D eigenvalue weighted by Crippen LogP contribution is -2.30. The fourth-order valence-electron chi connectivity index (χ4n) is 2.92. The molecule has 3 rings (SSSR count). The highest BCUT2D eigenvalue weighted by Crippen LogP contribution is 2.25. The number of aryl methyl sites for hydroxylation is 1. The zero-order chi connectivity index (χ0) is 19.1. The Kier molecular flexibility index (Phi) is 6.97. The van der Waals surface area contributed by atoms with Gasteiger partial charge in [-0.05, 0) is 47.9 Å². The van der Waals surface area contributed by atoms with E-state index in [0.717, 1.165) is 26.8 Å². The van der Waals surface area contributed by atoms with Gasteiger partial charge in [0.2, 0.25) is 5.91 Å². The van der Waals surface area contributed by atoms with Crippen molar-refractivity contribution in [1.29, 1.82) is 0 Å². The maximum absolute atomic E-state index is 12.6. The van der Waals surface area contributed by atoms with Crippen molar-refractivity contribution in [3.05, 3.63) is 101 Å². The molecule has 1 amide bonds. The minimum Gasteiger partial charge on any atom is -0.345 e. The number of hydrogen-bond acceptors (Lipinski definition) is 2. The summed E-state index contributed by atoms with van der Waals surface area (Å²) in [6, 6.07) is 25.8. The topological polar surface area (TPSA) is 29.1 Å². The molecule has 4 heteroatoms. The van der Waals surface area contributed by atoms with E-state index in [2.05, 4.69) is 36.5 Å². The van der Waals surface area contributed by atoms with E-state index in [1.165, 1.54) is 5.56 Å². The first kappa shape index (κ1) is 19.5. The molecule has 3 aromatic rings. The van der Waals surface area contributed by atoms with Gasteiger partial charge in [-0.15, -0.1) is 11.8 Å². The molecule has 1 N–H and O–H groups in total. The predicted octanol–water partition coefficient (Wildman–Crippen LogP) is 6.04. The van der Waals surface area contributed by atoms with E-state index in [1.807, 2.05) is 54.6 Å². The van der Waals surface area contributed by atoms with Gasteiger partial charge in [0.05, 0.1) is 6.04 Å². The van der Waals surface area contributed by atoms with Crippen LogP contribution in [0.1, 0.15) is 29.2 Å². The molecule has 0 fully saturated rings. The Morgan fingerprint density at radius 2 is 1.63 bits per heavy atom. The van der Waals surface area contributed by atoms with Crippen molar-refractivity contribution in [3.63, 3.8) is 0 Å². The second-order valence-electron chi connectivity index (χ2n) is 6.32. The van der Waals surface area contributed by atoms with Crippen molar-refractivity contribution in [2.45, 2.75) is 24.3 Å². The average Bonchev–Trinajstić information content (AvgIpc) is 2.69. The molecule has 0 aliphatic rings. The molecule has 3 aromatic carbocycles. The third kappa shape index (κ3) is 5.62. The Hall–Kier alpha value is -2.23. The highest BCUT2D eigenvalue weighted by Gasteiger charge is 2.18. The van der Waals surface area contributed by atoms with Crippen LogP contribution < -0.4 is 5.32 Å². The monoisotopic (exact) mass is 395 g/mol. The van der Waals surface area contributed by atoms with E-state index in [0.29, 0.717) is 6.42 Å². The average molecular weight is 396 g/mol. The van der Waals surface area contributed by atoms with E-state index in [9.17, 15) is 4.79 Å². The molecule has 0 aromatic heterocycles. The summed E-state index contributed by atoms with van der Waals surface area (Å²) in [6.07, 6.45) is 0.461. The first-order chi connectivity index (χ1) is 13.1. The van der Waals surface area contributed by atoms with Gasteiger partial charge in [0.15, 0.2) is 0 Å². The van der Waals surface area contributed by atoms with Gasteiger partial charge in [-0.1, -0.05) is 66.2 Å². The van der Waals surface area contributed by atoms with Gasteiger partial charge in [-0.25, -0.2) is 0 Å². The van der Waals surface area contributed by atoms with Crippen molar-refractivity contribution < 1.29 is 4.79 Å². The SMILES string of the molecule is Cc1ccccc1[C@@H](NC(=O)CCSc1ccc(Cl)cc1)c1ccccc1. The van der Waals surface area contributed by atoms with E-state index in [1.54, 1.807) is 11.8 Å². The number of hydrogen-bond donors (Lipinski definition) is 1. The molecule has 0 spiro atoms. The number of carbonyl (C=O) groups excluding carboxylic acids is 1. The lowest BCUT2D eigenvalue weighted by molar-refractivity contribution is -0.121. The van der Waals surface area contributed by atoms with Crippen LogP contribution in [0.2, 0.25) is 5.02 Å². The fourth-order valence-corrected chi connectivity index (χ4v) is 3.90. The highest BCUT2D eigenvalue weighted by atomic mass is 35.5. The molecule has 0 saturated heterocycles. The largest absolute Gasteiger partial charge is 0.345 e. The molecule has 0 bridgehead atoms. The highest BCUT2D eigenvalue weighted by molar-refractivity contribution is 7.99. The van der Waals surface area contributed by atoms with Crippen LogP contribution in [-0.2, 0) is 4.79 Å². The maximum atomic E-state index is 12.6. The van der Waals surface area contributed by atoms with Crippen LogP contribution in [0.4, 0.5) is 0 Å². The standard InChI is InChI=1S/C23H22ClNOS/c1-17-7-5-6-10-21(17)23(18-8-3-2-4-9-18)25-22(26)15-16-27-20-13-11-19(24)12-14-20/h2-14,23H,15-16H2,1H3,(H,25,26)/t23-/m0/s1. The van der Waals surface area contributed by atoms with Gasteiger partial charge < -0.3 is 5.32 Å². The molecule has 2 nitrogen and oxygen atoms in total. The Balaban J connectivity index is 1.66. The van der Waals surface area contributed by atoms with Gasteiger partial charge in [-0.3, -0.25) is 4.79 Å². The third-order valence-corrected chi connectivity index (χ3v) is 5.61. The number of amides is 1. The second kappa shape index (κ2) is 9.63. The van der Waals surface area contributed by atoms with Crippen LogP contribution in [0, 0.1) is 6.92 Å². The molecule has 0 saturated carbocycles. The molecular formula is C23H22ClNOS. The summed E-state index contributed by atoms with van der Waals surface area (Å²) in [7, 11) is 0. The second-order valence-corrected chi connectivity index (χ2v) is 7.92. The first-order valence-corrected chi connectivity index (χ1v) is 10.3. The Morgan fingerprint density at radius 3 is 2.33 bits per heavy atom. The number of benzene rings is 3. The molecule has 0 aliphatic heterocycles. The van der Waals surface area contributed by atoms with Crippen LogP contribution in [-0.4, -0.2) is 11.7 Å². The molecular weight excluding hydrogens is 374 g/mol. The zero-order valence-electron chi connectivity index (χ0n) is 15.2. The van der Waals surface area contributed by atoms with Gasteiger partial charge in [0.1, 0.15) is 0 Å². The number of nitrogens with one attached hydrogen (secondary N) is 1. The maximum Gasteiger partial charge on any atom is 0.221 e. The molecule has 1 atom stereocenters. The lowest BCUT2D eigenvalue weighted by atomic mass is 9.95. The van der Waals surface area contributed by atoms with E-state index in [4.69, 9.17) is 11.6 Å². The van der Waals surface area contributed by atoms with Gasteiger partial charge in [-0.2, -0.15) is 0 Å². The van der Waals surface area contributed by atoms with E-state index < -0.39 is 0 Å². The van der Waals surface area contributed by atoms with Crippen molar-refractivity contribution in [2.75, 3.05) is 5.75 Å². The lowest BCUT2D eigenvalue weighted by Gasteiger charge is -2.21. The number of halogens is 1. The van der Waals surface area contributed by atoms with Crippen LogP contribution in [0.3, 0.4) is 0 Å². The van der Waals surface area contributed by atoms with Crippen LogP contribution >= 0.6 is 23.4 Å². The summed E-state index contributed by atoms with van der Waals surface area (Å²) in [4.78, 5) is 13.7. The van der Waals surface area contributed by atoms with Crippen molar-refractivity contribution >= 4 is 29.3 Å². The molecule has 0 heterocycles. The van der Waals surface area contributed by atoms with E-state index >= 15 is 0 Å². The smallest absolute Gasteiger partial charge is 0.221 e. The van der Waals surface area contributed by atoms with Gasteiger partial charge in [0.25, 0.3) is 0 Å². The number of rotatable bonds is 7. The summed E-state index contributed by atoms with van der Waals surface area (Å²) in [5, 5.41) is 3.94. The minimum absolute atomic E-state index is 0.0496. The molecule has 27 heavy (non-hydrogen) atoms. The Morgan fingerprint density at radius 1 is 0.963 bits per heavy atom. The Labute approximate surface area is 170 Å². The third-order valence-electron chi connectivity index (χ3n) is 4.35. The number of carbonyl (C=O) groups is 1. The molecule has 0 aliphatic carbocycles. The first-order valence-electron chi connectivity index (χ1n) is 8.91. The minimum atomic E-state index is -0.138. The molecule has 138 valence electrons. The summed E-state index contributed by atoms with van der Waals surface area (Å²) < 4.78 is 0. The van der Waals surface area contributed by atoms with Crippen molar-refractivity contribution in [1.82, 2.24) is 5.32 Å². The Bertz CT molecular complexity index is 880. The fraction of sp³-hybridized carbons (Fsp3) is 0.174. The van der Waals surface area contributed by atoms with Gasteiger partial charge in [0, 0.05) is 22.1 Å². The van der Waals surface area contributed by atoms with E-state index in [-0.39, 0.29) is 11.9 Å². The van der Waals surface area contributed by atoms with Crippen LogP contribution in [0.25, 0.3) is 0 Å². The summed E-state index contributed by atoms with van der Waals surface area (Å²) >= 11 is 7.57. The summed E-state index contributed by atoms with van der Waals surface area (Å²) in [5.74, 6) is 0.775. The summed E-state index contributed by atoms with van der Waals surface area (Å²) in [6.45, 7) is 2.08. The molecule has 0 unspecified atom stereocenters. The molecule has 0 radical (unpaired) electrons. The van der Waals surface area contributed by atoms with Gasteiger partial charge >= 0.3 is 0 Å². The predicted molar refractivity (Wildman–Crippen MR) is 114 cm³/mol. The van der Waals surface area contributed by atoms with Crippen molar-refractivity contribution in [2.24, 2.45) is 0 Å². The zero-order valence-corrected chi connectivity index (χ0v) is 16.8. The van der Waals surface area contributed by atoms with Crippen LogP contribution in [0.15, 0.2) is 83.8 Å². The van der Waals surface area contributed by atoms with Crippen molar-refractivity contribution in [3.8, 4) is 0 Å². The normalized spacial score (nSPS) is 11.8. The summed E-state index contributed by atoms with van der Waals surface area (Å²) in [5.41, 5.74) is 3.38. The number of thioether (sulfide) groups is 1. The van der Waals surface area contributed by atoms with Crippen LogP contribution in [0.5, 0.6) is 0 Å². The quantitative estimate of drug-likeness (QED) is 0.494.